The van der Waals surface area contributed by atoms with E-state index in [1.54, 1.807) is 14.2 Å². The summed E-state index contributed by atoms with van der Waals surface area (Å²) in [6.45, 7) is 7.02. The van der Waals surface area contributed by atoms with Gasteiger partial charge in [0.25, 0.3) is 0 Å². The van der Waals surface area contributed by atoms with Gasteiger partial charge in [0.15, 0.2) is 5.96 Å². The second-order valence-corrected chi connectivity index (χ2v) is 5.96. The lowest BCUT2D eigenvalue weighted by Crippen LogP contribution is -2.39. The maximum Gasteiger partial charge on any atom is 0.191 e. The minimum atomic E-state index is 0.541. The summed E-state index contributed by atoms with van der Waals surface area (Å²) in [5, 5.41) is 11.0. The van der Waals surface area contributed by atoms with Gasteiger partial charge in [0, 0.05) is 31.9 Å². The maximum absolute atomic E-state index is 5.71. The third-order valence-corrected chi connectivity index (χ3v) is 3.87. The molecule has 0 amide bonds. The number of hydrogen-bond acceptors (Lipinski definition) is 4. The van der Waals surface area contributed by atoms with E-state index >= 15 is 0 Å². The molecule has 1 aromatic carbocycles. The summed E-state index contributed by atoms with van der Waals surface area (Å²) in [5.74, 6) is 2.35. The first-order valence-electron chi connectivity index (χ1n) is 8.85. The van der Waals surface area contributed by atoms with Gasteiger partial charge in [-0.05, 0) is 38.5 Å². The number of hydrogen-bond donors (Lipinski definition) is 2. The van der Waals surface area contributed by atoms with E-state index in [4.69, 9.17) is 9.47 Å². The molecule has 0 atom stereocenters. The number of nitrogens with zero attached hydrogens (tertiary/aromatic N) is 3. The Labute approximate surface area is 155 Å². The number of ether oxygens (including phenoxy) is 2. The predicted molar refractivity (Wildman–Crippen MR) is 104 cm³/mol. The maximum atomic E-state index is 5.71. The second kappa shape index (κ2) is 10.3. The molecule has 0 saturated heterocycles. The van der Waals surface area contributed by atoms with E-state index in [2.05, 4.69) is 33.7 Å². The highest BCUT2D eigenvalue weighted by molar-refractivity contribution is 5.79. The van der Waals surface area contributed by atoms with Crippen LogP contribution in [0.15, 0.2) is 35.3 Å². The van der Waals surface area contributed by atoms with Crippen LogP contribution in [0.1, 0.15) is 17.8 Å². The van der Waals surface area contributed by atoms with Gasteiger partial charge in [-0.3, -0.25) is 9.67 Å². The summed E-state index contributed by atoms with van der Waals surface area (Å²) in [7, 11) is 3.41. The number of aliphatic imine (C=N–C) groups is 1. The molecule has 7 heteroatoms. The fourth-order valence-corrected chi connectivity index (χ4v) is 2.59. The molecule has 0 aliphatic carbocycles. The fraction of sp³-hybridized carbons (Fsp3) is 0.474. The molecule has 26 heavy (non-hydrogen) atoms. The first-order valence-corrected chi connectivity index (χ1v) is 8.85. The SMILES string of the molecule is CN=C(NCCCn1nc(C)cc1C)NCCOc1cccc(OC)c1. The lowest BCUT2D eigenvalue weighted by atomic mass is 10.3. The van der Waals surface area contributed by atoms with Gasteiger partial charge >= 0.3 is 0 Å². The number of nitrogens with one attached hydrogen (secondary N) is 2. The third kappa shape index (κ3) is 6.31. The van der Waals surface area contributed by atoms with Crippen LogP contribution >= 0.6 is 0 Å². The molecule has 0 aliphatic rings. The number of aryl methyl sites for hydroxylation is 3. The molecular formula is C19H29N5O2. The molecule has 1 aromatic heterocycles. The molecule has 2 aromatic rings. The van der Waals surface area contributed by atoms with E-state index in [1.165, 1.54) is 5.69 Å². The van der Waals surface area contributed by atoms with Crippen LogP contribution in [0, 0.1) is 13.8 Å². The Morgan fingerprint density at radius 1 is 1.15 bits per heavy atom. The summed E-state index contributed by atoms with van der Waals surface area (Å²) in [4.78, 5) is 4.22. The molecule has 142 valence electrons. The quantitative estimate of drug-likeness (QED) is 0.408. The van der Waals surface area contributed by atoms with Gasteiger partial charge in [-0.2, -0.15) is 5.10 Å². The van der Waals surface area contributed by atoms with Crippen molar-refractivity contribution in [2.24, 2.45) is 4.99 Å². The molecule has 0 unspecified atom stereocenters. The smallest absolute Gasteiger partial charge is 0.191 e. The molecule has 0 fully saturated rings. The molecule has 0 bridgehead atoms. The molecular weight excluding hydrogens is 330 g/mol. The van der Waals surface area contributed by atoms with Gasteiger partial charge in [0.1, 0.15) is 18.1 Å². The van der Waals surface area contributed by atoms with Crippen molar-refractivity contribution in [1.29, 1.82) is 0 Å². The Morgan fingerprint density at radius 3 is 2.62 bits per heavy atom. The number of aromatic nitrogens is 2. The zero-order valence-electron chi connectivity index (χ0n) is 16.1. The monoisotopic (exact) mass is 359 g/mol. The van der Waals surface area contributed by atoms with Crippen LogP contribution in [0.5, 0.6) is 11.5 Å². The number of guanidine groups is 1. The molecule has 1 heterocycles. The van der Waals surface area contributed by atoms with Crippen LogP contribution in [-0.2, 0) is 6.54 Å². The minimum absolute atomic E-state index is 0.541. The van der Waals surface area contributed by atoms with E-state index in [0.717, 1.165) is 42.7 Å². The summed E-state index contributed by atoms with van der Waals surface area (Å²) >= 11 is 0. The first-order chi connectivity index (χ1) is 12.6. The van der Waals surface area contributed by atoms with Gasteiger partial charge in [-0.25, -0.2) is 0 Å². The largest absolute Gasteiger partial charge is 0.497 e. The lowest BCUT2D eigenvalue weighted by molar-refractivity contribution is 0.319. The Kier molecular flexibility index (Phi) is 7.79. The van der Waals surface area contributed by atoms with Crippen molar-refractivity contribution in [1.82, 2.24) is 20.4 Å². The van der Waals surface area contributed by atoms with Crippen molar-refractivity contribution >= 4 is 5.96 Å². The van der Waals surface area contributed by atoms with Crippen molar-refractivity contribution in [3.63, 3.8) is 0 Å². The van der Waals surface area contributed by atoms with Crippen molar-refractivity contribution in [2.75, 3.05) is 33.9 Å². The molecule has 2 rings (SSSR count). The highest BCUT2D eigenvalue weighted by atomic mass is 16.5. The number of methoxy groups -OCH3 is 1. The van der Waals surface area contributed by atoms with Crippen LogP contribution in [0.4, 0.5) is 0 Å². The van der Waals surface area contributed by atoms with Crippen molar-refractivity contribution in [3.05, 3.63) is 41.7 Å². The van der Waals surface area contributed by atoms with E-state index in [0.29, 0.717) is 13.2 Å². The van der Waals surface area contributed by atoms with Crippen molar-refractivity contribution < 1.29 is 9.47 Å². The molecule has 0 aliphatic heterocycles. The molecule has 2 N–H and O–H groups in total. The van der Waals surface area contributed by atoms with Crippen LogP contribution in [0.2, 0.25) is 0 Å². The van der Waals surface area contributed by atoms with Crippen LogP contribution in [0.25, 0.3) is 0 Å². The predicted octanol–water partition coefficient (Wildman–Crippen LogP) is 2.14. The number of rotatable bonds is 9. The average Bonchev–Trinajstić information content (AvgIpc) is 2.97. The zero-order chi connectivity index (χ0) is 18.8. The Bertz CT molecular complexity index is 712. The fourth-order valence-electron chi connectivity index (χ4n) is 2.59. The first kappa shape index (κ1) is 19.6. The van der Waals surface area contributed by atoms with E-state index in [9.17, 15) is 0 Å². The second-order valence-electron chi connectivity index (χ2n) is 5.96. The van der Waals surface area contributed by atoms with Crippen molar-refractivity contribution in [3.8, 4) is 11.5 Å². The Morgan fingerprint density at radius 2 is 1.92 bits per heavy atom. The van der Waals surface area contributed by atoms with Gasteiger partial charge in [-0.15, -0.1) is 0 Å². The lowest BCUT2D eigenvalue weighted by Gasteiger charge is -2.13. The van der Waals surface area contributed by atoms with E-state index < -0.39 is 0 Å². The summed E-state index contributed by atoms with van der Waals surface area (Å²) in [5.41, 5.74) is 2.25. The molecule has 7 nitrogen and oxygen atoms in total. The van der Waals surface area contributed by atoms with Crippen LogP contribution in [-0.4, -0.2) is 49.6 Å². The standard InChI is InChI=1S/C19H29N5O2/c1-15-13-16(2)24(23-15)11-6-9-21-19(20-3)22-10-12-26-18-8-5-7-17(14-18)25-4/h5,7-8,13-14H,6,9-12H2,1-4H3,(H2,20,21,22). The minimum Gasteiger partial charge on any atom is -0.497 e. The van der Waals surface area contributed by atoms with Gasteiger partial charge in [-0.1, -0.05) is 6.07 Å². The van der Waals surface area contributed by atoms with Gasteiger partial charge < -0.3 is 20.1 Å². The summed E-state index contributed by atoms with van der Waals surface area (Å²) < 4.78 is 12.9. The van der Waals surface area contributed by atoms with E-state index in [1.807, 2.05) is 35.9 Å². The topological polar surface area (TPSA) is 72.7 Å². The molecule has 0 spiro atoms. The van der Waals surface area contributed by atoms with Crippen LogP contribution < -0.4 is 20.1 Å². The van der Waals surface area contributed by atoms with Crippen molar-refractivity contribution in [2.45, 2.75) is 26.8 Å². The average molecular weight is 359 g/mol. The Hall–Kier alpha value is -2.70. The van der Waals surface area contributed by atoms with Crippen LogP contribution in [0.3, 0.4) is 0 Å². The molecule has 0 saturated carbocycles. The number of benzene rings is 1. The highest BCUT2D eigenvalue weighted by Crippen LogP contribution is 2.18. The summed E-state index contributed by atoms with van der Waals surface area (Å²) in [6.07, 6.45) is 0.975. The van der Waals surface area contributed by atoms with Gasteiger partial charge in [0.2, 0.25) is 0 Å². The molecule has 0 radical (unpaired) electrons. The highest BCUT2D eigenvalue weighted by Gasteiger charge is 2.02. The normalized spacial score (nSPS) is 11.3. The third-order valence-electron chi connectivity index (χ3n) is 3.87. The van der Waals surface area contributed by atoms with E-state index in [-0.39, 0.29) is 0 Å². The Balaban J connectivity index is 1.62. The zero-order valence-corrected chi connectivity index (χ0v) is 16.1. The summed E-state index contributed by atoms with van der Waals surface area (Å²) in [6, 6.07) is 9.67. The van der Waals surface area contributed by atoms with Gasteiger partial charge in [0.05, 0.1) is 19.3 Å².